The second-order valence-corrected chi connectivity index (χ2v) is 7.54. The van der Waals surface area contributed by atoms with Crippen LogP contribution in [-0.4, -0.2) is 32.3 Å². The quantitative estimate of drug-likeness (QED) is 0.631. The van der Waals surface area contributed by atoms with E-state index in [1.165, 1.54) is 14.2 Å². The zero-order valence-corrected chi connectivity index (χ0v) is 13.1. The van der Waals surface area contributed by atoms with Gasteiger partial charge in [-0.3, -0.25) is 9.05 Å². The maximum Gasteiger partial charge on any atom is 0.366 e. The molecule has 3 rings (SSSR count). The topological polar surface area (TPSA) is 71.5 Å². The normalized spacial score (nSPS) is 20.9. The molecule has 0 atom stereocenters. The molecule has 0 unspecified atom stereocenters. The standard InChI is InChI=1S/C14H19N2O4P/c1-19-21(18,20-2)12-11-7-6-8-15-13(11)16(14(12)17)9-4-3-5-10-16/h6-8H,3-5,9-10H2,1-2H3. The molecule has 0 saturated carbocycles. The van der Waals surface area contributed by atoms with Crippen molar-refractivity contribution < 1.29 is 18.7 Å². The summed E-state index contributed by atoms with van der Waals surface area (Å²) in [6.07, 6.45) is 4.70. The van der Waals surface area contributed by atoms with E-state index in [0.717, 1.165) is 19.3 Å². The van der Waals surface area contributed by atoms with Crippen LogP contribution in [0.15, 0.2) is 24.2 Å². The molecule has 6 nitrogen and oxygen atoms in total. The van der Waals surface area contributed by atoms with Crippen molar-refractivity contribution in [1.29, 1.82) is 0 Å². The third-order valence-electron chi connectivity index (χ3n) is 4.37. The van der Waals surface area contributed by atoms with Crippen LogP contribution in [0, 0.1) is 0 Å². The van der Waals surface area contributed by atoms with Gasteiger partial charge in [0.15, 0.2) is 0 Å². The minimum Gasteiger partial charge on any atom is -0.830 e. The fourth-order valence-electron chi connectivity index (χ4n) is 3.33. The zero-order chi connectivity index (χ0) is 15.1. The minimum absolute atomic E-state index is 0.150. The summed E-state index contributed by atoms with van der Waals surface area (Å²) in [5.41, 5.74) is 0.608. The number of quaternary nitrogens is 1. The van der Waals surface area contributed by atoms with Gasteiger partial charge < -0.3 is 14.2 Å². The zero-order valence-electron chi connectivity index (χ0n) is 12.2. The number of fused-ring (bicyclic) bond motifs is 2. The van der Waals surface area contributed by atoms with Crippen molar-refractivity contribution in [3.8, 4) is 0 Å². The molecule has 0 bridgehead atoms. The molecule has 21 heavy (non-hydrogen) atoms. The van der Waals surface area contributed by atoms with Gasteiger partial charge in [0.25, 0.3) is 0 Å². The van der Waals surface area contributed by atoms with E-state index in [-0.39, 0.29) is 15.7 Å². The number of hydrogen-bond acceptors (Lipinski definition) is 5. The van der Waals surface area contributed by atoms with Crippen LogP contribution in [0.4, 0.5) is 5.82 Å². The summed E-state index contributed by atoms with van der Waals surface area (Å²) in [4.78, 5) is 4.42. The Morgan fingerprint density at radius 3 is 2.52 bits per heavy atom. The van der Waals surface area contributed by atoms with E-state index in [9.17, 15) is 9.67 Å². The Hall–Kier alpha value is -1.20. The summed E-state index contributed by atoms with van der Waals surface area (Å²) in [5.74, 6) is 0.502. The minimum atomic E-state index is -3.60. The first-order valence-corrected chi connectivity index (χ1v) is 8.60. The van der Waals surface area contributed by atoms with Crippen molar-refractivity contribution in [3.63, 3.8) is 0 Å². The first kappa shape index (κ1) is 14.7. The van der Waals surface area contributed by atoms with Crippen LogP contribution >= 0.6 is 7.60 Å². The molecule has 0 aromatic carbocycles. The number of piperidine rings is 1. The highest BCUT2D eigenvalue weighted by atomic mass is 31.2. The summed E-state index contributed by atoms with van der Waals surface area (Å²) in [6.45, 7) is 1.39. The van der Waals surface area contributed by atoms with Crippen molar-refractivity contribution in [3.05, 3.63) is 29.8 Å². The number of pyridine rings is 1. The molecule has 0 aliphatic carbocycles. The average molecular weight is 310 g/mol. The van der Waals surface area contributed by atoms with E-state index in [1.807, 2.05) is 0 Å². The summed E-state index contributed by atoms with van der Waals surface area (Å²) in [5, 5.41) is 13.2. The molecule has 7 heteroatoms. The van der Waals surface area contributed by atoms with Crippen molar-refractivity contribution in [2.75, 3.05) is 27.3 Å². The lowest BCUT2D eigenvalue weighted by atomic mass is 10.1. The summed E-state index contributed by atoms with van der Waals surface area (Å²) >= 11 is 0. The van der Waals surface area contributed by atoms with Gasteiger partial charge in [-0.1, -0.05) is 0 Å². The van der Waals surface area contributed by atoms with Crippen LogP contribution in [-0.2, 0) is 13.6 Å². The predicted molar refractivity (Wildman–Crippen MR) is 78.2 cm³/mol. The molecule has 1 spiro atoms. The molecule has 3 heterocycles. The van der Waals surface area contributed by atoms with E-state index in [4.69, 9.17) is 9.05 Å². The number of rotatable bonds is 3. The molecule has 114 valence electrons. The lowest BCUT2D eigenvalue weighted by Gasteiger charge is -2.41. The SMILES string of the molecule is COP(=O)(OC)C1=C([O-])[N+]2(CCCCC2)c2ncccc21. The lowest BCUT2D eigenvalue weighted by molar-refractivity contribution is -0.328. The van der Waals surface area contributed by atoms with Gasteiger partial charge in [-0.05, 0) is 31.4 Å². The van der Waals surface area contributed by atoms with Crippen LogP contribution in [0.5, 0.6) is 0 Å². The molecule has 1 aromatic heterocycles. The van der Waals surface area contributed by atoms with Crippen molar-refractivity contribution in [2.24, 2.45) is 0 Å². The molecular weight excluding hydrogens is 291 g/mol. The molecular formula is C14H19N2O4P. The molecule has 0 N–H and O–H groups in total. The second kappa shape index (κ2) is 5.21. The Labute approximate surface area is 124 Å². The molecule has 2 aliphatic heterocycles. The Morgan fingerprint density at radius 2 is 1.90 bits per heavy atom. The Morgan fingerprint density at radius 1 is 1.24 bits per heavy atom. The van der Waals surface area contributed by atoms with Gasteiger partial charge in [0.05, 0.1) is 24.5 Å². The van der Waals surface area contributed by atoms with Crippen LogP contribution in [0.25, 0.3) is 5.31 Å². The number of aromatic nitrogens is 1. The van der Waals surface area contributed by atoms with Gasteiger partial charge in [-0.15, -0.1) is 0 Å². The fourth-order valence-corrected chi connectivity index (χ4v) is 4.74. The van der Waals surface area contributed by atoms with E-state index >= 15 is 0 Å². The molecule has 1 aromatic rings. The van der Waals surface area contributed by atoms with Crippen molar-refractivity contribution in [2.45, 2.75) is 19.3 Å². The van der Waals surface area contributed by atoms with E-state index in [2.05, 4.69) is 4.98 Å². The van der Waals surface area contributed by atoms with Crippen LogP contribution in [0.1, 0.15) is 24.8 Å². The molecule has 1 fully saturated rings. The van der Waals surface area contributed by atoms with Crippen molar-refractivity contribution in [1.82, 2.24) is 9.47 Å². The average Bonchev–Trinajstić information content (AvgIpc) is 2.78. The molecule has 1 saturated heterocycles. The van der Waals surface area contributed by atoms with E-state index in [0.29, 0.717) is 24.5 Å². The molecule has 2 aliphatic rings. The summed E-state index contributed by atoms with van der Waals surface area (Å²) in [6, 6.07) is 3.52. The largest absolute Gasteiger partial charge is 0.830 e. The van der Waals surface area contributed by atoms with Crippen molar-refractivity contribution >= 4 is 18.7 Å². The highest BCUT2D eigenvalue weighted by Gasteiger charge is 2.49. The molecule has 0 radical (unpaired) electrons. The highest BCUT2D eigenvalue weighted by molar-refractivity contribution is 7.65. The number of hydrogen-bond donors (Lipinski definition) is 0. The first-order chi connectivity index (χ1) is 10.1. The number of nitrogens with zero attached hydrogens (tertiary/aromatic N) is 2. The van der Waals surface area contributed by atoms with Gasteiger partial charge >= 0.3 is 7.60 Å². The van der Waals surface area contributed by atoms with Gasteiger partial charge in [0, 0.05) is 20.4 Å². The summed E-state index contributed by atoms with van der Waals surface area (Å²) in [7, 11) is -0.988. The third kappa shape index (κ3) is 1.98. The van der Waals surface area contributed by atoms with Crippen LogP contribution < -0.4 is 9.59 Å². The summed E-state index contributed by atoms with van der Waals surface area (Å²) < 4.78 is 23.1. The highest BCUT2D eigenvalue weighted by Crippen LogP contribution is 2.65. The Balaban J connectivity index is 2.25. The predicted octanol–water partition coefficient (Wildman–Crippen LogP) is 2.06. The van der Waals surface area contributed by atoms with E-state index in [1.54, 1.807) is 18.3 Å². The van der Waals surface area contributed by atoms with Crippen LogP contribution in [0.3, 0.4) is 0 Å². The third-order valence-corrected chi connectivity index (χ3v) is 6.31. The first-order valence-electron chi connectivity index (χ1n) is 7.06. The fraction of sp³-hybridized carbons (Fsp3) is 0.500. The Bertz CT molecular complexity index is 630. The van der Waals surface area contributed by atoms with Crippen LogP contribution in [0.2, 0.25) is 0 Å². The monoisotopic (exact) mass is 310 g/mol. The Kier molecular flexibility index (Phi) is 3.66. The maximum absolute atomic E-state index is 13.1. The van der Waals surface area contributed by atoms with Gasteiger partial charge in [0.1, 0.15) is 5.31 Å². The van der Waals surface area contributed by atoms with E-state index < -0.39 is 7.60 Å². The van der Waals surface area contributed by atoms with Gasteiger partial charge in [0.2, 0.25) is 5.82 Å². The smallest absolute Gasteiger partial charge is 0.366 e. The van der Waals surface area contributed by atoms with Gasteiger partial charge in [-0.2, -0.15) is 0 Å². The van der Waals surface area contributed by atoms with Gasteiger partial charge in [-0.25, -0.2) is 4.98 Å². The second-order valence-electron chi connectivity index (χ2n) is 5.37. The maximum atomic E-state index is 13.1. The lowest BCUT2D eigenvalue weighted by Crippen LogP contribution is -2.54. The molecule has 0 amide bonds.